The lowest BCUT2D eigenvalue weighted by atomic mass is 10.0. The number of halogens is 1. The highest BCUT2D eigenvalue weighted by molar-refractivity contribution is 9.10. The van der Waals surface area contributed by atoms with E-state index in [2.05, 4.69) is 15.9 Å². The predicted octanol–water partition coefficient (Wildman–Crippen LogP) is 4.01. The first kappa shape index (κ1) is 22.4. The average molecular weight is 489 g/mol. The molecule has 7 nitrogen and oxygen atoms in total. The zero-order valence-electron chi connectivity index (χ0n) is 17.2. The number of benzene rings is 1. The number of hydrogen-bond donors (Lipinski definition) is 0. The minimum atomic E-state index is -3.59. The predicted molar refractivity (Wildman–Crippen MR) is 114 cm³/mol. The molecule has 9 heteroatoms. The number of carbonyl (C=O) groups excluding carboxylic acids is 1. The second-order valence-corrected chi connectivity index (χ2v) is 11.3. The maximum atomic E-state index is 12.9. The number of rotatable bonds is 5. The zero-order chi connectivity index (χ0) is 21.2. The van der Waals surface area contributed by atoms with Crippen molar-refractivity contribution in [2.75, 3.05) is 26.2 Å². The molecule has 3 rings (SSSR count). The van der Waals surface area contributed by atoms with E-state index in [1.54, 1.807) is 23.1 Å². The molecular formula is C20H29BrN2O5S. The highest BCUT2D eigenvalue weighted by atomic mass is 79.9. The van der Waals surface area contributed by atoms with E-state index >= 15 is 0 Å². The van der Waals surface area contributed by atoms with Gasteiger partial charge in [0.05, 0.1) is 6.04 Å². The van der Waals surface area contributed by atoms with E-state index in [-0.39, 0.29) is 23.6 Å². The third-order valence-electron chi connectivity index (χ3n) is 5.02. The molecule has 2 aliphatic heterocycles. The first-order valence-corrected chi connectivity index (χ1v) is 12.2. The highest BCUT2D eigenvalue weighted by Gasteiger charge is 2.34. The Balaban J connectivity index is 1.75. The Morgan fingerprint density at radius 1 is 1.17 bits per heavy atom. The summed E-state index contributed by atoms with van der Waals surface area (Å²) >= 11 is 3.35. The van der Waals surface area contributed by atoms with Gasteiger partial charge < -0.3 is 14.4 Å². The summed E-state index contributed by atoms with van der Waals surface area (Å²) in [5.74, 6) is 0.315. The van der Waals surface area contributed by atoms with Gasteiger partial charge in [0.1, 0.15) is 22.9 Å². The Kier molecular flexibility index (Phi) is 6.80. The Labute approximate surface area is 181 Å². The van der Waals surface area contributed by atoms with E-state index < -0.39 is 15.6 Å². The highest BCUT2D eigenvalue weighted by Crippen LogP contribution is 2.32. The minimum absolute atomic E-state index is 0.151. The molecule has 0 N–H and O–H groups in total. The number of amides is 1. The van der Waals surface area contributed by atoms with Crippen molar-refractivity contribution in [1.29, 1.82) is 0 Å². The van der Waals surface area contributed by atoms with Crippen LogP contribution in [-0.4, -0.2) is 61.6 Å². The van der Waals surface area contributed by atoms with Crippen LogP contribution in [0.4, 0.5) is 4.79 Å². The minimum Gasteiger partial charge on any atom is -0.490 e. The van der Waals surface area contributed by atoms with E-state index in [1.165, 1.54) is 4.31 Å². The molecule has 0 aromatic heterocycles. The van der Waals surface area contributed by atoms with Gasteiger partial charge in [-0.1, -0.05) is 15.9 Å². The molecule has 2 saturated heterocycles. The number of nitrogens with zero attached hydrogens (tertiary/aromatic N) is 2. The molecule has 0 spiro atoms. The van der Waals surface area contributed by atoms with E-state index in [0.717, 1.165) is 25.7 Å². The normalized spacial score (nSPS) is 20.8. The van der Waals surface area contributed by atoms with Crippen molar-refractivity contribution >= 4 is 32.0 Å². The van der Waals surface area contributed by atoms with Gasteiger partial charge in [-0.2, -0.15) is 4.31 Å². The molecule has 2 aliphatic rings. The van der Waals surface area contributed by atoms with Crippen LogP contribution in [0.2, 0.25) is 0 Å². The molecule has 29 heavy (non-hydrogen) atoms. The van der Waals surface area contributed by atoms with Crippen LogP contribution in [0.25, 0.3) is 0 Å². The van der Waals surface area contributed by atoms with Gasteiger partial charge in [-0.3, -0.25) is 0 Å². The molecule has 1 aromatic rings. The van der Waals surface area contributed by atoms with E-state index in [9.17, 15) is 13.2 Å². The molecular weight excluding hydrogens is 460 g/mol. The molecule has 1 amide bonds. The fourth-order valence-electron chi connectivity index (χ4n) is 3.39. The second-order valence-electron chi connectivity index (χ2n) is 8.48. The summed E-state index contributed by atoms with van der Waals surface area (Å²) < 4.78 is 39.4. The lowest BCUT2D eigenvalue weighted by Gasteiger charge is -2.36. The lowest BCUT2D eigenvalue weighted by Crippen LogP contribution is -2.48. The Bertz CT molecular complexity index is 849. The molecule has 0 bridgehead atoms. The summed E-state index contributed by atoms with van der Waals surface area (Å²) in [5.41, 5.74) is -0.565. The third-order valence-corrected chi connectivity index (χ3v) is 7.44. The summed E-state index contributed by atoms with van der Waals surface area (Å²) in [7, 11) is -3.59. The van der Waals surface area contributed by atoms with Crippen LogP contribution in [0.5, 0.6) is 5.75 Å². The van der Waals surface area contributed by atoms with Gasteiger partial charge in [-0.15, -0.1) is 0 Å². The number of ether oxygens (including phenoxy) is 2. The SMILES string of the molecule is CC(C)(C)OC(=O)N1CCCCC1COc1ccc(Br)cc1S(=O)(=O)N1CCC1. The van der Waals surface area contributed by atoms with Crippen LogP contribution in [0.15, 0.2) is 27.6 Å². The third kappa shape index (κ3) is 5.44. The number of hydrogen-bond acceptors (Lipinski definition) is 5. The number of carbonyl (C=O) groups is 1. The molecule has 2 heterocycles. The van der Waals surface area contributed by atoms with Crippen LogP contribution in [0.1, 0.15) is 46.5 Å². The molecule has 162 valence electrons. The molecule has 1 aromatic carbocycles. The van der Waals surface area contributed by atoms with Crippen molar-refractivity contribution in [2.24, 2.45) is 0 Å². The number of piperidine rings is 1. The first-order chi connectivity index (χ1) is 13.6. The summed E-state index contributed by atoms with van der Waals surface area (Å²) in [6, 6.07) is 4.85. The number of likely N-dealkylation sites (tertiary alicyclic amines) is 1. The van der Waals surface area contributed by atoms with E-state index in [4.69, 9.17) is 9.47 Å². The first-order valence-electron chi connectivity index (χ1n) is 10.00. The standard InChI is InChI=1S/C20H29BrN2O5S/c1-20(2,3)28-19(24)23-12-5-4-7-16(23)14-27-17-9-8-15(21)13-18(17)29(25,26)22-10-6-11-22/h8-9,13,16H,4-7,10-12,14H2,1-3H3. The maximum Gasteiger partial charge on any atom is 0.410 e. The van der Waals surface area contributed by atoms with Crippen LogP contribution in [-0.2, 0) is 14.8 Å². The van der Waals surface area contributed by atoms with Crippen molar-refractivity contribution in [3.8, 4) is 5.75 Å². The molecule has 1 unspecified atom stereocenters. The van der Waals surface area contributed by atoms with Crippen LogP contribution < -0.4 is 4.74 Å². The molecule has 2 fully saturated rings. The van der Waals surface area contributed by atoms with Gasteiger partial charge in [0, 0.05) is 24.1 Å². The average Bonchev–Trinajstić information content (AvgIpc) is 2.57. The van der Waals surface area contributed by atoms with Crippen molar-refractivity contribution in [1.82, 2.24) is 9.21 Å². The van der Waals surface area contributed by atoms with Gasteiger partial charge in [-0.05, 0) is 64.7 Å². The molecule has 1 atom stereocenters. The Morgan fingerprint density at radius 2 is 1.90 bits per heavy atom. The van der Waals surface area contributed by atoms with Gasteiger partial charge in [0.15, 0.2) is 0 Å². The fourth-order valence-corrected chi connectivity index (χ4v) is 5.58. The maximum absolute atomic E-state index is 12.9. The van der Waals surface area contributed by atoms with Crippen LogP contribution >= 0.6 is 15.9 Å². The van der Waals surface area contributed by atoms with E-state index in [1.807, 2.05) is 20.8 Å². The Morgan fingerprint density at radius 3 is 2.52 bits per heavy atom. The largest absolute Gasteiger partial charge is 0.490 e. The number of sulfonamides is 1. The lowest BCUT2D eigenvalue weighted by molar-refractivity contribution is 0.00342. The molecule has 0 saturated carbocycles. The topological polar surface area (TPSA) is 76.1 Å². The summed E-state index contributed by atoms with van der Waals surface area (Å²) in [6.45, 7) is 7.43. The summed E-state index contributed by atoms with van der Waals surface area (Å²) in [5, 5.41) is 0. The van der Waals surface area contributed by atoms with E-state index in [0.29, 0.717) is 29.9 Å². The smallest absolute Gasteiger partial charge is 0.410 e. The van der Waals surface area contributed by atoms with Gasteiger partial charge in [-0.25, -0.2) is 13.2 Å². The van der Waals surface area contributed by atoms with Crippen molar-refractivity contribution in [2.45, 2.75) is 63.0 Å². The van der Waals surface area contributed by atoms with Gasteiger partial charge >= 0.3 is 6.09 Å². The van der Waals surface area contributed by atoms with Crippen LogP contribution in [0.3, 0.4) is 0 Å². The van der Waals surface area contributed by atoms with Crippen LogP contribution in [0, 0.1) is 0 Å². The summed E-state index contributed by atoms with van der Waals surface area (Å²) in [6.07, 6.45) is 3.23. The van der Waals surface area contributed by atoms with Crippen molar-refractivity contribution in [3.63, 3.8) is 0 Å². The van der Waals surface area contributed by atoms with Gasteiger partial charge in [0.25, 0.3) is 0 Å². The monoisotopic (exact) mass is 488 g/mol. The van der Waals surface area contributed by atoms with Crippen molar-refractivity contribution < 1.29 is 22.7 Å². The van der Waals surface area contributed by atoms with Crippen molar-refractivity contribution in [3.05, 3.63) is 22.7 Å². The second kappa shape index (κ2) is 8.81. The molecule has 0 aliphatic carbocycles. The Hall–Kier alpha value is -1.32. The zero-order valence-corrected chi connectivity index (χ0v) is 19.6. The van der Waals surface area contributed by atoms with Gasteiger partial charge in [0.2, 0.25) is 10.0 Å². The summed E-state index contributed by atoms with van der Waals surface area (Å²) in [4.78, 5) is 14.4. The fraction of sp³-hybridized carbons (Fsp3) is 0.650. The quantitative estimate of drug-likeness (QED) is 0.625. The molecule has 0 radical (unpaired) electrons.